The molecule has 0 radical (unpaired) electrons. The van der Waals surface area contributed by atoms with Crippen molar-refractivity contribution in [2.45, 2.75) is 12.4 Å². The quantitative estimate of drug-likeness (QED) is 0.353. The summed E-state index contributed by atoms with van der Waals surface area (Å²) in [6, 6.07) is 9.40. The Labute approximate surface area is 171 Å². The van der Waals surface area contributed by atoms with E-state index in [-0.39, 0.29) is 41.7 Å². The van der Waals surface area contributed by atoms with E-state index in [1.165, 1.54) is 29.1 Å². The Hall–Kier alpha value is -1.53. The van der Waals surface area contributed by atoms with Crippen LogP contribution >= 0.6 is 35.3 Å². The zero-order chi connectivity index (χ0) is 18.4. The normalized spacial score (nSPS) is 13.2. The number of guanidine groups is 1. The van der Waals surface area contributed by atoms with E-state index in [0.29, 0.717) is 12.2 Å². The van der Waals surface area contributed by atoms with Crippen LogP contribution in [0.2, 0.25) is 0 Å². The van der Waals surface area contributed by atoms with Crippen LogP contribution in [-0.2, 0) is 0 Å². The second-order valence-electron chi connectivity index (χ2n) is 5.42. The molecule has 0 spiro atoms. The van der Waals surface area contributed by atoms with Crippen molar-refractivity contribution in [1.29, 1.82) is 0 Å². The number of ether oxygens (including phenoxy) is 1. The highest BCUT2D eigenvalue weighted by molar-refractivity contribution is 14.0. The minimum atomic E-state index is -4.71. The monoisotopic (exact) mass is 500 g/mol. The Morgan fingerprint density at radius 2 is 1.92 bits per heavy atom. The van der Waals surface area contributed by atoms with E-state index < -0.39 is 6.36 Å². The lowest BCUT2D eigenvalue weighted by atomic mass is 10.2. The van der Waals surface area contributed by atoms with Crippen LogP contribution < -0.4 is 15.8 Å². The lowest BCUT2D eigenvalue weighted by Crippen LogP contribution is -2.26. The van der Waals surface area contributed by atoms with Crippen LogP contribution in [0.25, 0.3) is 0 Å². The van der Waals surface area contributed by atoms with Gasteiger partial charge in [0.05, 0.1) is 12.6 Å². The van der Waals surface area contributed by atoms with E-state index in [2.05, 4.69) is 15.0 Å². The molecule has 0 saturated carbocycles. The fraction of sp³-hybridized carbons (Fsp3) is 0.312. The number of benzene rings is 1. The van der Waals surface area contributed by atoms with Crippen LogP contribution in [0.5, 0.6) is 5.75 Å². The number of nitrogens with zero attached hydrogens (tertiary/aromatic N) is 2. The third-order valence-electron chi connectivity index (χ3n) is 3.29. The van der Waals surface area contributed by atoms with Crippen LogP contribution in [0.4, 0.5) is 18.9 Å². The fourth-order valence-electron chi connectivity index (χ4n) is 2.10. The van der Waals surface area contributed by atoms with Crippen molar-refractivity contribution >= 4 is 47.0 Å². The lowest BCUT2D eigenvalue weighted by molar-refractivity contribution is -0.274. The summed E-state index contributed by atoms with van der Waals surface area (Å²) in [6.07, 6.45) is -4.71. The van der Waals surface area contributed by atoms with Gasteiger partial charge in [0.25, 0.3) is 0 Å². The van der Waals surface area contributed by atoms with E-state index in [1.807, 2.05) is 36.5 Å². The van der Waals surface area contributed by atoms with Gasteiger partial charge in [0.1, 0.15) is 5.75 Å². The summed E-state index contributed by atoms with van der Waals surface area (Å²) in [6.45, 7) is 0.460. The molecule has 10 heteroatoms. The largest absolute Gasteiger partial charge is 0.573 e. The highest BCUT2D eigenvalue weighted by atomic mass is 127. The van der Waals surface area contributed by atoms with Crippen molar-refractivity contribution in [3.05, 3.63) is 46.7 Å². The summed E-state index contributed by atoms with van der Waals surface area (Å²) < 4.78 is 40.2. The van der Waals surface area contributed by atoms with Gasteiger partial charge in [0.2, 0.25) is 0 Å². The maximum absolute atomic E-state index is 12.1. The van der Waals surface area contributed by atoms with Crippen LogP contribution in [0, 0.1) is 0 Å². The minimum Gasteiger partial charge on any atom is -0.406 e. The second-order valence-corrected chi connectivity index (χ2v) is 6.40. The average molecular weight is 500 g/mol. The summed E-state index contributed by atoms with van der Waals surface area (Å²) in [5.41, 5.74) is 6.38. The Bertz CT molecular complexity index is 691. The lowest BCUT2D eigenvalue weighted by Gasteiger charge is -2.21. The Kier molecular flexibility index (Phi) is 8.63. The molecule has 26 heavy (non-hydrogen) atoms. The first-order chi connectivity index (χ1) is 11.7. The van der Waals surface area contributed by atoms with E-state index in [9.17, 15) is 13.2 Å². The van der Waals surface area contributed by atoms with Gasteiger partial charge in [-0.15, -0.1) is 48.5 Å². The molecule has 0 aliphatic carbocycles. The summed E-state index contributed by atoms with van der Waals surface area (Å²) in [5, 5.41) is 4.85. The molecule has 0 aliphatic rings. The molecule has 0 aliphatic heterocycles. The summed E-state index contributed by atoms with van der Waals surface area (Å²) in [7, 11) is 3.92. The number of hydrogen-bond acceptors (Lipinski definition) is 4. The van der Waals surface area contributed by atoms with Crippen LogP contribution in [-0.4, -0.2) is 37.9 Å². The van der Waals surface area contributed by atoms with Crippen molar-refractivity contribution in [3.8, 4) is 5.75 Å². The number of alkyl halides is 3. The van der Waals surface area contributed by atoms with Gasteiger partial charge < -0.3 is 20.7 Å². The third kappa shape index (κ3) is 7.38. The maximum atomic E-state index is 12.1. The molecule has 1 aromatic carbocycles. The van der Waals surface area contributed by atoms with Crippen LogP contribution in [0.1, 0.15) is 10.9 Å². The summed E-state index contributed by atoms with van der Waals surface area (Å²) >= 11 is 1.64. The molecule has 3 N–H and O–H groups in total. The predicted molar refractivity (Wildman–Crippen MR) is 109 cm³/mol. The average Bonchev–Trinajstić information content (AvgIpc) is 3.02. The second kappa shape index (κ2) is 9.97. The van der Waals surface area contributed by atoms with Crippen molar-refractivity contribution < 1.29 is 17.9 Å². The van der Waals surface area contributed by atoms with Gasteiger partial charge in [-0.3, -0.25) is 4.99 Å². The first kappa shape index (κ1) is 22.5. The summed E-state index contributed by atoms with van der Waals surface area (Å²) in [4.78, 5) is 7.54. The third-order valence-corrected chi connectivity index (χ3v) is 4.26. The van der Waals surface area contributed by atoms with Gasteiger partial charge in [-0.05, 0) is 49.8 Å². The standard InChI is InChI=1S/C16H19F3N4OS.HI/c1-23(2)13(14-4-3-9-25-14)10-21-15(20)22-11-5-7-12(8-6-11)24-16(17,18)19;/h3-9,13H,10H2,1-2H3,(H3,20,21,22);1H. The molecule has 1 heterocycles. The highest BCUT2D eigenvalue weighted by Crippen LogP contribution is 2.25. The fourth-order valence-corrected chi connectivity index (χ4v) is 3.01. The van der Waals surface area contributed by atoms with Gasteiger partial charge in [-0.2, -0.15) is 0 Å². The van der Waals surface area contributed by atoms with Crippen molar-refractivity contribution in [1.82, 2.24) is 4.90 Å². The number of nitrogens with one attached hydrogen (secondary N) is 1. The van der Waals surface area contributed by atoms with Crippen molar-refractivity contribution in [3.63, 3.8) is 0 Å². The first-order valence-electron chi connectivity index (χ1n) is 7.37. The molecule has 0 bridgehead atoms. The molecule has 0 amide bonds. The molecule has 0 saturated heterocycles. The molecule has 1 aromatic heterocycles. The van der Waals surface area contributed by atoms with Gasteiger partial charge in [-0.1, -0.05) is 6.07 Å². The highest BCUT2D eigenvalue weighted by Gasteiger charge is 2.30. The summed E-state index contributed by atoms with van der Waals surface area (Å²) in [5.74, 6) is -0.105. The van der Waals surface area contributed by atoms with E-state index in [1.54, 1.807) is 11.3 Å². The smallest absolute Gasteiger partial charge is 0.406 e. The topological polar surface area (TPSA) is 62.9 Å². The maximum Gasteiger partial charge on any atom is 0.573 e. The molecule has 0 fully saturated rings. The number of nitrogens with two attached hydrogens (primary N) is 1. The van der Waals surface area contributed by atoms with E-state index in [4.69, 9.17) is 5.73 Å². The molecule has 1 atom stereocenters. The zero-order valence-electron chi connectivity index (χ0n) is 14.2. The molecule has 1 unspecified atom stereocenters. The number of aliphatic imine (C=N–C) groups is 1. The van der Waals surface area contributed by atoms with Gasteiger partial charge >= 0.3 is 6.36 Å². The minimum absolute atomic E-state index is 0. The van der Waals surface area contributed by atoms with Gasteiger partial charge in [-0.25, -0.2) is 0 Å². The zero-order valence-corrected chi connectivity index (χ0v) is 17.3. The predicted octanol–water partition coefficient (Wildman–Crippen LogP) is 4.29. The Morgan fingerprint density at radius 1 is 1.27 bits per heavy atom. The van der Waals surface area contributed by atoms with Crippen molar-refractivity contribution in [2.24, 2.45) is 10.7 Å². The van der Waals surface area contributed by atoms with E-state index in [0.717, 1.165) is 0 Å². The molecule has 2 rings (SSSR count). The number of anilines is 1. The molecule has 144 valence electrons. The molecule has 5 nitrogen and oxygen atoms in total. The van der Waals surface area contributed by atoms with E-state index >= 15 is 0 Å². The molecular formula is C16H20F3IN4OS. The number of halogens is 4. The van der Waals surface area contributed by atoms with Crippen LogP contribution in [0.15, 0.2) is 46.8 Å². The molecular weight excluding hydrogens is 480 g/mol. The van der Waals surface area contributed by atoms with Gasteiger partial charge in [0.15, 0.2) is 5.96 Å². The number of hydrogen-bond donors (Lipinski definition) is 2. The number of rotatable bonds is 6. The Balaban J connectivity index is 0.00000338. The number of thiophene rings is 1. The number of likely N-dealkylation sites (N-methyl/N-ethyl adjacent to an activating group) is 1. The SMILES string of the molecule is CN(C)C(CN=C(N)Nc1ccc(OC(F)(F)F)cc1)c1cccs1.I. The van der Waals surface area contributed by atoms with Crippen molar-refractivity contribution in [2.75, 3.05) is 26.0 Å². The molecule has 2 aromatic rings. The van der Waals surface area contributed by atoms with Crippen LogP contribution in [0.3, 0.4) is 0 Å². The van der Waals surface area contributed by atoms with Gasteiger partial charge in [0, 0.05) is 10.6 Å². The first-order valence-corrected chi connectivity index (χ1v) is 8.25. The Morgan fingerprint density at radius 3 is 2.42 bits per heavy atom.